The third-order valence-corrected chi connectivity index (χ3v) is 3.03. The zero-order chi connectivity index (χ0) is 10.0. The lowest BCUT2D eigenvalue weighted by atomic mass is 9.97. The molecule has 1 unspecified atom stereocenters. The van der Waals surface area contributed by atoms with E-state index in [2.05, 4.69) is 4.98 Å². The van der Waals surface area contributed by atoms with E-state index in [1.807, 2.05) is 0 Å². The summed E-state index contributed by atoms with van der Waals surface area (Å²) in [5.74, 6) is 0.546. The number of aliphatic hydroxyl groups excluding tert-OH is 1. The normalized spacial score (nSPS) is 15.3. The standard InChI is InChI=1S/C9H10N2O2S/c10-9(5-12,7-2-1-3-13-7)8-4-11-6-14-8/h1-4,6,12H,5,10H2. The summed E-state index contributed by atoms with van der Waals surface area (Å²) in [5.41, 5.74) is 6.76. The van der Waals surface area contributed by atoms with Crippen LogP contribution in [-0.2, 0) is 5.54 Å². The molecule has 0 radical (unpaired) electrons. The first kappa shape index (κ1) is 9.39. The van der Waals surface area contributed by atoms with Gasteiger partial charge in [-0.3, -0.25) is 4.98 Å². The van der Waals surface area contributed by atoms with Crippen LogP contribution >= 0.6 is 11.3 Å². The van der Waals surface area contributed by atoms with Crippen molar-refractivity contribution < 1.29 is 9.52 Å². The molecule has 0 bridgehead atoms. The molecule has 0 spiro atoms. The van der Waals surface area contributed by atoms with E-state index < -0.39 is 5.54 Å². The Morgan fingerprint density at radius 1 is 1.64 bits per heavy atom. The van der Waals surface area contributed by atoms with Crippen LogP contribution in [0.5, 0.6) is 0 Å². The fourth-order valence-electron chi connectivity index (χ4n) is 1.25. The van der Waals surface area contributed by atoms with Crippen molar-refractivity contribution >= 4 is 11.3 Å². The number of thiazole rings is 1. The van der Waals surface area contributed by atoms with Crippen LogP contribution in [0, 0.1) is 0 Å². The van der Waals surface area contributed by atoms with E-state index in [-0.39, 0.29) is 6.61 Å². The number of aromatic nitrogens is 1. The Morgan fingerprint density at radius 3 is 3.00 bits per heavy atom. The summed E-state index contributed by atoms with van der Waals surface area (Å²) in [5, 5.41) is 9.32. The van der Waals surface area contributed by atoms with Crippen molar-refractivity contribution in [2.24, 2.45) is 5.73 Å². The van der Waals surface area contributed by atoms with Gasteiger partial charge in [-0.2, -0.15) is 0 Å². The van der Waals surface area contributed by atoms with Gasteiger partial charge in [0.25, 0.3) is 0 Å². The second kappa shape index (κ2) is 3.53. The van der Waals surface area contributed by atoms with Gasteiger partial charge in [0.05, 0.1) is 23.3 Å². The van der Waals surface area contributed by atoms with Crippen molar-refractivity contribution in [3.63, 3.8) is 0 Å². The minimum Gasteiger partial charge on any atom is -0.467 e. The number of nitrogens with two attached hydrogens (primary N) is 1. The third kappa shape index (κ3) is 1.35. The van der Waals surface area contributed by atoms with Crippen LogP contribution < -0.4 is 5.73 Å². The van der Waals surface area contributed by atoms with E-state index in [9.17, 15) is 5.11 Å². The van der Waals surface area contributed by atoms with Crippen LogP contribution in [0.2, 0.25) is 0 Å². The first-order valence-corrected chi connectivity index (χ1v) is 4.98. The predicted octanol–water partition coefficient (Wildman–Crippen LogP) is 0.931. The van der Waals surface area contributed by atoms with Gasteiger partial charge in [-0.25, -0.2) is 0 Å². The Hall–Kier alpha value is -1.17. The summed E-state index contributed by atoms with van der Waals surface area (Å²) in [6.45, 7) is -0.206. The number of hydrogen-bond donors (Lipinski definition) is 2. The maximum absolute atomic E-state index is 9.32. The third-order valence-electron chi connectivity index (χ3n) is 2.08. The van der Waals surface area contributed by atoms with Gasteiger partial charge in [0.2, 0.25) is 0 Å². The predicted molar refractivity (Wildman–Crippen MR) is 52.9 cm³/mol. The molecule has 0 aliphatic heterocycles. The Labute approximate surface area is 85.0 Å². The molecule has 2 rings (SSSR count). The smallest absolute Gasteiger partial charge is 0.134 e. The Balaban J connectivity index is 2.45. The summed E-state index contributed by atoms with van der Waals surface area (Å²) >= 11 is 1.40. The highest BCUT2D eigenvalue weighted by Gasteiger charge is 2.33. The van der Waals surface area contributed by atoms with Gasteiger partial charge in [0.1, 0.15) is 11.3 Å². The van der Waals surface area contributed by atoms with E-state index in [0.29, 0.717) is 5.76 Å². The highest BCUT2D eigenvalue weighted by Crippen LogP contribution is 2.29. The molecule has 2 heterocycles. The molecule has 0 aliphatic rings. The number of hydrogen-bond acceptors (Lipinski definition) is 5. The van der Waals surface area contributed by atoms with Crippen molar-refractivity contribution in [2.75, 3.05) is 6.61 Å². The van der Waals surface area contributed by atoms with E-state index in [1.54, 1.807) is 23.8 Å². The summed E-state index contributed by atoms with van der Waals surface area (Å²) in [7, 11) is 0. The summed E-state index contributed by atoms with van der Waals surface area (Å²) in [6.07, 6.45) is 3.18. The van der Waals surface area contributed by atoms with Crippen molar-refractivity contribution in [1.29, 1.82) is 0 Å². The zero-order valence-corrected chi connectivity index (χ0v) is 8.20. The van der Waals surface area contributed by atoms with Crippen LogP contribution in [0.1, 0.15) is 10.6 Å². The summed E-state index contributed by atoms with van der Waals surface area (Å²) in [4.78, 5) is 4.72. The number of aliphatic hydroxyl groups is 1. The summed E-state index contributed by atoms with van der Waals surface area (Å²) in [6, 6.07) is 3.49. The van der Waals surface area contributed by atoms with E-state index in [4.69, 9.17) is 10.2 Å². The second-order valence-corrected chi connectivity index (χ2v) is 3.86. The second-order valence-electron chi connectivity index (χ2n) is 2.97. The molecular weight excluding hydrogens is 200 g/mol. The molecule has 1 atom stereocenters. The van der Waals surface area contributed by atoms with Crippen LogP contribution in [0.25, 0.3) is 0 Å². The van der Waals surface area contributed by atoms with Crippen LogP contribution in [0.15, 0.2) is 34.5 Å². The molecule has 5 heteroatoms. The van der Waals surface area contributed by atoms with Crippen LogP contribution in [0.4, 0.5) is 0 Å². The first-order chi connectivity index (χ1) is 6.77. The van der Waals surface area contributed by atoms with Gasteiger partial charge in [-0.05, 0) is 12.1 Å². The monoisotopic (exact) mass is 210 g/mol. The van der Waals surface area contributed by atoms with Crippen molar-refractivity contribution in [2.45, 2.75) is 5.54 Å². The first-order valence-electron chi connectivity index (χ1n) is 4.10. The minimum atomic E-state index is -0.968. The van der Waals surface area contributed by atoms with E-state index in [0.717, 1.165) is 4.88 Å². The molecule has 0 saturated carbocycles. The lowest BCUT2D eigenvalue weighted by molar-refractivity contribution is 0.205. The lowest BCUT2D eigenvalue weighted by Crippen LogP contribution is -2.40. The van der Waals surface area contributed by atoms with Gasteiger partial charge in [0.15, 0.2) is 0 Å². The van der Waals surface area contributed by atoms with Gasteiger partial charge in [-0.15, -0.1) is 11.3 Å². The molecule has 74 valence electrons. The molecule has 0 saturated heterocycles. The zero-order valence-electron chi connectivity index (χ0n) is 7.38. The van der Waals surface area contributed by atoms with Crippen molar-refractivity contribution in [3.05, 3.63) is 40.7 Å². The average Bonchev–Trinajstić information content (AvgIpc) is 2.88. The number of furan rings is 1. The number of nitrogens with zero attached hydrogens (tertiary/aromatic N) is 1. The number of rotatable bonds is 3. The van der Waals surface area contributed by atoms with Gasteiger partial charge in [0, 0.05) is 6.20 Å². The molecule has 14 heavy (non-hydrogen) atoms. The molecule has 0 aliphatic carbocycles. The molecule has 0 aromatic carbocycles. The van der Waals surface area contributed by atoms with Crippen LogP contribution in [-0.4, -0.2) is 16.7 Å². The Bertz CT molecular complexity index is 349. The van der Waals surface area contributed by atoms with Gasteiger partial charge >= 0.3 is 0 Å². The minimum absolute atomic E-state index is 0.206. The average molecular weight is 210 g/mol. The molecule has 0 fully saturated rings. The SMILES string of the molecule is NC(CO)(c1ccco1)c1cncs1. The lowest BCUT2D eigenvalue weighted by Gasteiger charge is -2.22. The molecule has 4 nitrogen and oxygen atoms in total. The van der Waals surface area contributed by atoms with E-state index >= 15 is 0 Å². The van der Waals surface area contributed by atoms with Gasteiger partial charge in [-0.1, -0.05) is 0 Å². The maximum Gasteiger partial charge on any atom is 0.134 e. The van der Waals surface area contributed by atoms with Gasteiger partial charge < -0.3 is 15.3 Å². The van der Waals surface area contributed by atoms with Crippen molar-refractivity contribution in [1.82, 2.24) is 4.98 Å². The molecule has 3 N–H and O–H groups in total. The Kier molecular flexibility index (Phi) is 2.37. The van der Waals surface area contributed by atoms with Crippen LogP contribution in [0.3, 0.4) is 0 Å². The molecule has 2 aromatic rings. The highest BCUT2D eigenvalue weighted by atomic mass is 32.1. The molecule has 2 aromatic heterocycles. The topological polar surface area (TPSA) is 72.3 Å². The quantitative estimate of drug-likeness (QED) is 0.790. The fraction of sp³-hybridized carbons (Fsp3) is 0.222. The highest BCUT2D eigenvalue weighted by molar-refractivity contribution is 7.09. The van der Waals surface area contributed by atoms with E-state index in [1.165, 1.54) is 17.6 Å². The maximum atomic E-state index is 9.32. The molecule has 0 amide bonds. The van der Waals surface area contributed by atoms with Crippen molar-refractivity contribution in [3.8, 4) is 0 Å². The fourth-order valence-corrected chi connectivity index (χ4v) is 1.98. The largest absolute Gasteiger partial charge is 0.467 e. The Morgan fingerprint density at radius 2 is 2.50 bits per heavy atom. The summed E-state index contributed by atoms with van der Waals surface area (Å²) < 4.78 is 5.21. The molecular formula is C9H10N2O2S.